The first-order chi connectivity index (χ1) is 11.3. The number of hydrogen-bond acceptors (Lipinski definition) is 2. The first-order valence-electron chi connectivity index (χ1n) is 7.90. The van der Waals surface area contributed by atoms with Gasteiger partial charge in [-0.2, -0.15) is 0 Å². The van der Waals surface area contributed by atoms with Crippen molar-refractivity contribution in [3.8, 4) is 17.1 Å². The average molecular weight is 304 g/mol. The molecule has 0 bridgehead atoms. The molecule has 1 aromatic heterocycles. The van der Waals surface area contributed by atoms with Crippen LogP contribution in [-0.4, -0.2) is 7.11 Å². The van der Waals surface area contributed by atoms with Crippen molar-refractivity contribution >= 4 is 21.7 Å². The molecule has 0 radical (unpaired) electrons. The fraction of sp³-hybridized carbons (Fsp3) is 0.143. The van der Waals surface area contributed by atoms with Crippen LogP contribution < -0.4 is 4.74 Å². The Labute approximate surface area is 136 Å². The molecule has 2 nitrogen and oxygen atoms in total. The first-order valence-corrected chi connectivity index (χ1v) is 7.90. The van der Waals surface area contributed by atoms with Crippen molar-refractivity contribution in [1.82, 2.24) is 0 Å². The molecule has 0 aliphatic carbocycles. The Morgan fingerprint density at radius 1 is 0.739 bits per heavy atom. The summed E-state index contributed by atoms with van der Waals surface area (Å²) >= 11 is 0. The number of methoxy groups -OCH3 is 1. The largest absolute Gasteiger partial charge is 0.497 e. The standard InChI is InChI=1S/C19H14O2.C2H6/c1-20-17-9-8-13-10-16(7-6-14(13)11-17)19-12-15-4-2-3-5-18(15)21-19;1-2/h2-12H,1H3;1-2H3. The summed E-state index contributed by atoms with van der Waals surface area (Å²) in [6.07, 6.45) is 0. The molecule has 0 aliphatic heterocycles. The maximum absolute atomic E-state index is 5.92. The number of furan rings is 1. The van der Waals surface area contributed by atoms with E-state index in [4.69, 9.17) is 9.15 Å². The zero-order valence-corrected chi connectivity index (χ0v) is 13.7. The van der Waals surface area contributed by atoms with Crippen molar-refractivity contribution in [2.45, 2.75) is 13.8 Å². The van der Waals surface area contributed by atoms with E-state index in [0.717, 1.165) is 33.4 Å². The molecule has 3 aromatic carbocycles. The quantitative estimate of drug-likeness (QED) is 0.434. The second kappa shape index (κ2) is 6.57. The molecule has 0 fully saturated rings. The average Bonchev–Trinajstić information content (AvgIpc) is 3.06. The van der Waals surface area contributed by atoms with E-state index in [1.807, 2.05) is 44.2 Å². The van der Waals surface area contributed by atoms with Crippen molar-refractivity contribution < 1.29 is 9.15 Å². The van der Waals surface area contributed by atoms with Crippen LogP contribution in [0, 0.1) is 0 Å². The van der Waals surface area contributed by atoms with Crippen molar-refractivity contribution in [1.29, 1.82) is 0 Å². The maximum atomic E-state index is 5.92. The van der Waals surface area contributed by atoms with Gasteiger partial charge in [-0.25, -0.2) is 0 Å². The van der Waals surface area contributed by atoms with E-state index < -0.39 is 0 Å². The molecule has 0 unspecified atom stereocenters. The Morgan fingerprint density at radius 3 is 2.26 bits per heavy atom. The number of rotatable bonds is 2. The fourth-order valence-electron chi connectivity index (χ4n) is 2.63. The minimum Gasteiger partial charge on any atom is -0.497 e. The Kier molecular flexibility index (Phi) is 4.33. The van der Waals surface area contributed by atoms with Gasteiger partial charge >= 0.3 is 0 Å². The van der Waals surface area contributed by atoms with E-state index in [1.165, 1.54) is 5.39 Å². The Balaban J connectivity index is 0.000000753. The van der Waals surface area contributed by atoms with Crippen LogP contribution in [0.15, 0.2) is 71.1 Å². The molecule has 0 N–H and O–H groups in total. The first kappa shape index (κ1) is 15.2. The van der Waals surface area contributed by atoms with Gasteiger partial charge in [0.15, 0.2) is 0 Å². The summed E-state index contributed by atoms with van der Waals surface area (Å²) in [5.74, 6) is 1.77. The molecular formula is C21H20O2. The number of para-hydroxylation sites is 1. The number of hydrogen-bond donors (Lipinski definition) is 0. The van der Waals surface area contributed by atoms with Crippen molar-refractivity contribution in [2.24, 2.45) is 0 Å². The summed E-state index contributed by atoms with van der Waals surface area (Å²) in [7, 11) is 1.68. The van der Waals surface area contributed by atoms with Crippen LogP contribution in [-0.2, 0) is 0 Å². The van der Waals surface area contributed by atoms with Gasteiger partial charge in [0.1, 0.15) is 17.1 Å². The summed E-state index contributed by atoms with van der Waals surface area (Å²) < 4.78 is 11.2. The fourth-order valence-corrected chi connectivity index (χ4v) is 2.63. The SMILES string of the molecule is CC.COc1ccc2cc(-c3cc4ccccc4o3)ccc2c1. The van der Waals surface area contributed by atoms with Crippen molar-refractivity contribution in [3.63, 3.8) is 0 Å². The highest BCUT2D eigenvalue weighted by molar-refractivity contribution is 5.89. The third kappa shape index (κ3) is 2.93. The number of ether oxygens (including phenoxy) is 1. The molecule has 4 aromatic rings. The molecule has 1 heterocycles. The summed E-state index contributed by atoms with van der Waals surface area (Å²) in [6, 6.07) is 22.6. The van der Waals surface area contributed by atoms with E-state index in [-0.39, 0.29) is 0 Å². The van der Waals surface area contributed by atoms with Crippen LogP contribution >= 0.6 is 0 Å². The van der Waals surface area contributed by atoms with Gasteiger partial charge in [0.05, 0.1) is 7.11 Å². The Morgan fingerprint density at radius 2 is 1.48 bits per heavy atom. The van der Waals surface area contributed by atoms with Gasteiger partial charge in [0.25, 0.3) is 0 Å². The van der Waals surface area contributed by atoms with Gasteiger partial charge in [-0.1, -0.05) is 50.2 Å². The minimum absolute atomic E-state index is 0.874. The molecular weight excluding hydrogens is 284 g/mol. The lowest BCUT2D eigenvalue weighted by molar-refractivity contribution is 0.415. The minimum atomic E-state index is 0.874. The molecule has 4 rings (SSSR count). The van der Waals surface area contributed by atoms with E-state index in [0.29, 0.717) is 0 Å². The van der Waals surface area contributed by atoms with Crippen molar-refractivity contribution in [3.05, 3.63) is 66.7 Å². The molecule has 0 saturated carbocycles. The van der Waals surface area contributed by atoms with Crippen molar-refractivity contribution in [2.75, 3.05) is 7.11 Å². The molecule has 2 heteroatoms. The maximum Gasteiger partial charge on any atom is 0.135 e. The summed E-state index contributed by atoms with van der Waals surface area (Å²) in [5.41, 5.74) is 2.01. The predicted octanol–water partition coefficient (Wildman–Crippen LogP) is 6.29. The molecule has 0 spiro atoms. The van der Waals surface area contributed by atoms with E-state index in [1.54, 1.807) is 7.11 Å². The molecule has 0 saturated heterocycles. The summed E-state index contributed by atoms with van der Waals surface area (Å²) in [4.78, 5) is 0. The highest BCUT2D eigenvalue weighted by atomic mass is 16.5. The Bertz CT molecular complexity index is 902. The summed E-state index contributed by atoms with van der Waals surface area (Å²) in [5, 5.41) is 3.46. The summed E-state index contributed by atoms with van der Waals surface area (Å²) in [6.45, 7) is 4.00. The molecule has 23 heavy (non-hydrogen) atoms. The number of fused-ring (bicyclic) bond motifs is 2. The highest BCUT2D eigenvalue weighted by Crippen LogP contribution is 2.30. The zero-order chi connectivity index (χ0) is 16.2. The van der Waals surface area contributed by atoms with Gasteiger partial charge in [0, 0.05) is 10.9 Å². The lowest BCUT2D eigenvalue weighted by Gasteiger charge is -2.04. The van der Waals surface area contributed by atoms with Gasteiger partial charge in [-0.3, -0.25) is 0 Å². The van der Waals surface area contributed by atoms with Crippen LogP contribution in [0.5, 0.6) is 5.75 Å². The van der Waals surface area contributed by atoms with E-state index >= 15 is 0 Å². The predicted molar refractivity (Wildman–Crippen MR) is 97.1 cm³/mol. The highest BCUT2D eigenvalue weighted by Gasteiger charge is 2.06. The monoisotopic (exact) mass is 304 g/mol. The smallest absolute Gasteiger partial charge is 0.135 e. The van der Waals surface area contributed by atoms with Gasteiger partial charge in [0.2, 0.25) is 0 Å². The molecule has 0 atom stereocenters. The molecule has 116 valence electrons. The number of benzene rings is 3. The lowest BCUT2D eigenvalue weighted by Crippen LogP contribution is -1.82. The van der Waals surface area contributed by atoms with E-state index in [9.17, 15) is 0 Å². The Hall–Kier alpha value is -2.74. The zero-order valence-electron chi connectivity index (χ0n) is 13.7. The van der Waals surface area contributed by atoms with Gasteiger partial charge in [-0.15, -0.1) is 0 Å². The molecule has 0 amide bonds. The normalized spacial score (nSPS) is 10.4. The van der Waals surface area contributed by atoms with Crippen LogP contribution in [0.4, 0.5) is 0 Å². The second-order valence-electron chi connectivity index (χ2n) is 5.08. The topological polar surface area (TPSA) is 22.4 Å². The lowest BCUT2D eigenvalue weighted by atomic mass is 10.1. The third-order valence-electron chi connectivity index (χ3n) is 3.76. The van der Waals surface area contributed by atoms with Crippen LogP contribution in [0.1, 0.15) is 13.8 Å². The second-order valence-corrected chi connectivity index (χ2v) is 5.08. The molecule has 0 aliphatic rings. The van der Waals surface area contributed by atoms with Crippen LogP contribution in [0.3, 0.4) is 0 Å². The van der Waals surface area contributed by atoms with Crippen LogP contribution in [0.25, 0.3) is 33.1 Å². The van der Waals surface area contributed by atoms with Crippen LogP contribution in [0.2, 0.25) is 0 Å². The third-order valence-corrected chi connectivity index (χ3v) is 3.76. The van der Waals surface area contributed by atoms with E-state index in [2.05, 4.69) is 36.4 Å². The van der Waals surface area contributed by atoms with Gasteiger partial charge in [-0.05, 0) is 41.1 Å². The van der Waals surface area contributed by atoms with Gasteiger partial charge < -0.3 is 9.15 Å².